The third kappa shape index (κ3) is 4.91. The minimum absolute atomic E-state index is 0.00519. The first-order chi connectivity index (χ1) is 15.9. The van der Waals surface area contributed by atoms with Gasteiger partial charge in [-0.15, -0.1) is 5.10 Å². The van der Waals surface area contributed by atoms with Gasteiger partial charge in [0.15, 0.2) is 5.69 Å². The van der Waals surface area contributed by atoms with Crippen molar-refractivity contribution in [2.75, 3.05) is 5.73 Å². The van der Waals surface area contributed by atoms with Gasteiger partial charge in [-0.1, -0.05) is 34.5 Å². The van der Waals surface area contributed by atoms with Gasteiger partial charge in [-0.05, 0) is 46.7 Å². The number of carbonyl (C=O) groups excluding carboxylic acids is 1. The molecule has 0 saturated carbocycles. The summed E-state index contributed by atoms with van der Waals surface area (Å²) in [5.74, 6) is -0.875. The van der Waals surface area contributed by atoms with Crippen molar-refractivity contribution in [1.82, 2.24) is 30.7 Å². The second kappa shape index (κ2) is 9.63. The van der Waals surface area contributed by atoms with Gasteiger partial charge in [-0.25, -0.2) is 14.4 Å². The van der Waals surface area contributed by atoms with E-state index >= 15 is 0 Å². The summed E-state index contributed by atoms with van der Waals surface area (Å²) in [6.07, 6.45) is 1.29. The minimum Gasteiger partial charge on any atom is -0.487 e. The van der Waals surface area contributed by atoms with Crippen LogP contribution in [-0.2, 0) is 6.61 Å². The van der Waals surface area contributed by atoms with Crippen molar-refractivity contribution in [2.24, 2.45) is 5.10 Å². The maximum Gasteiger partial charge on any atom is 0.293 e. The van der Waals surface area contributed by atoms with Gasteiger partial charge in [0.2, 0.25) is 11.6 Å². The summed E-state index contributed by atoms with van der Waals surface area (Å²) >= 11 is 12.2. The summed E-state index contributed by atoms with van der Waals surface area (Å²) < 4.78 is 24.5. The second-order valence-electron chi connectivity index (χ2n) is 6.35. The first kappa shape index (κ1) is 22.2. The molecule has 4 aromatic rings. The Labute approximate surface area is 194 Å². The van der Waals surface area contributed by atoms with Gasteiger partial charge in [-0.2, -0.15) is 9.78 Å². The molecular formula is C19H13Cl2FN8O3. The predicted octanol–water partition coefficient (Wildman–Crippen LogP) is 3.02. The molecule has 0 aliphatic rings. The lowest BCUT2D eigenvalue weighted by Gasteiger charge is -2.08. The summed E-state index contributed by atoms with van der Waals surface area (Å²) in [6.45, 7) is -0.201. The number of hydrazone groups is 1. The summed E-state index contributed by atoms with van der Waals surface area (Å²) in [6, 6.07) is 10.2. The van der Waals surface area contributed by atoms with Gasteiger partial charge in [0.1, 0.15) is 23.9 Å². The summed E-state index contributed by atoms with van der Waals surface area (Å²) in [5, 5.41) is 19.5. The number of carbonyl (C=O) groups is 1. The van der Waals surface area contributed by atoms with Crippen LogP contribution in [0.15, 0.2) is 52.2 Å². The van der Waals surface area contributed by atoms with E-state index in [4.69, 9.17) is 33.7 Å². The fraction of sp³-hybridized carbons (Fsp3) is 0.0526. The Morgan fingerprint density at radius 2 is 1.94 bits per heavy atom. The van der Waals surface area contributed by atoms with E-state index in [0.29, 0.717) is 21.4 Å². The Balaban J connectivity index is 1.59. The Hall–Kier alpha value is -4.03. The molecule has 0 unspecified atom stereocenters. The Bertz CT molecular complexity index is 1300. The highest BCUT2D eigenvalue weighted by molar-refractivity contribution is 6.38. The lowest BCUT2D eigenvalue weighted by molar-refractivity contribution is 0.0947. The first-order valence-electron chi connectivity index (χ1n) is 9.13. The molecule has 0 radical (unpaired) electrons. The molecule has 0 aliphatic carbocycles. The average molecular weight is 491 g/mol. The molecule has 4 rings (SSSR count). The fourth-order valence-electron chi connectivity index (χ4n) is 2.64. The quantitative estimate of drug-likeness (QED) is 0.296. The number of hydrogen-bond donors (Lipinski definition) is 2. The van der Waals surface area contributed by atoms with Crippen LogP contribution in [0.1, 0.15) is 21.7 Å². The van der Waals surface area contributed by atoms with Crippen LogP contribution >= 0.6 is 23.2 Å². The third-order valence-corrected chi connectivity index (χ3v) is 4.88. The number of rotatable bonds is 7. The smallest absolute Gasteiger partial charge is 0.293 e. The maximum atomic E-state index is 13.2. The van der Waals surface area contributed by atoms with Gasteiger partial charge in [0.25, 0.3) is 5.91 Å². The largest absolute Gasteiger partial charge is 0.487 e. The monoisotopic (exact) mass is 490 g/mol. The van der Waals surface area contributed by atoms with E-state index in [-0.39, 0.29) is 29.6 Å². The molecule has 168 valence electrons. The van der Waals surface area contributed by atoms with Crippen LogP contribution in [0.25, 0.3) is 5.82 Å². The molecule has 33 heavy (non-hydrogen) atoms. The SMILES string of the molecule is Nc1nonc1-n1nnc(C(=O)NN=Cc2c(Cl)cccc2Cl)c1COc1ccc(F)cc1. The Morgan fingerprint density at radius 3 is 2.61 bits per heavy atom. The molecule has 2 aromatic carbocycles. The van der Waals surface area contributed by atoms with Crippen LogP contribution in [0.3, 0.4) is 0 Å². The van der Waals surface area contributed by atoms with Crippen molar-refractivity contribution in [3.05, 3.63) is 75.3 Å². The van der Waals surface area contributed by atoms with Gasteiger partial charge in [0, 0.05) is 5.56 Å². The second-order valence-corrected chi connectivity index (χ2v) is 7.16. The molecule has 2 aromatic heterocycles. The number of anilines is 1. The topological polar surface area (TPSA) is 146 Å². The Morgan fingerprint density at radius 1 is 1.21 bits per heavy atom. The number of benzene rings is 2. The zero-order valence-electron chi connectivity index (χ0n) is 16.4. The number of nitrogens with two attached hydrogens (primary N) is 1. The lowest BCUT2D eigenvalue weighted by Crippen LogP contribution is -2.21. The van der Waals surface area contributed by atoms with Gasteiger partial charge in [0.05, 0.1) is 16.3 Å². The van der Waals surface area contributed by atoms with E-state index in [1.807, 2.05) is 0 Å². The van der Waals surface area contributed by atoms with Crippen molar-refractivity contribution in [1.29, 1.82) is 0 Å². The molecule has 0 spiro atoms. The number of amides is 1. The molecular weight excluding hydrogens is 478 g/mol. The molecule has 1 amide bonds. The Kier molecular flexibility index (Phi) is 6.47. The highest BCUT2D eigenvalue weighted by Gasteiger charge is 2.24. The molecule has 3 N–H and O–H groups in total. The summed E-state index contributed by atoms with van der Waals surface area (Å²) in [7, 11) is 0. The van der Waals surface area contributed by atoms with Crippen molar-refractivity contribution in [3.8, 4) is 11.6 Å². The molecule has 0 fully saturated rings. The van der Waals surface area contributed by atoms with Crippen LogP contribution in [0, 0.1) is 5.82 Å². The zero-order valence-corrected chi connectivity index (χ0v) is 18.0. The van der Waals surface area contributed by atoms with E-state index in [1.165, 1.54) is 30.5 Å². The van der Waals surface area contributed by atoms with Crippen LogP contribution in [0.4, 0.5) is 10.2 Å². The number of ether oxygens (including phenoxy) is 1. The average Bonchev–Trinajstić information content (AvgIpc) is 3.41. The fourth-order valence-corrected chi connectivity index (χ4v) is 3.14. The normalized spacial score (nSPS) is 11.1. The van der Waals surface area contributed by atoms with E-state index < -0.39 is 11.7 Å². The molecule has 0 atom stereocenters. The van der Waals surface area contributed by atoms with Crippen LogP contribution in [0.5, 0.6) is 5.75 Å². The van der Waals surface area contributed by atoms with Gasteiger partial charge < -0.3 is 10.5 Å². The number of halogens is 3. The highest BCUT2D eigenvalue weighted by Crippen LogP contribution is 2.22. The number of aromatic nitrogens is 5. The number of nitrogens with zero attached hydrogens (tertiary/aromatic N) is 6. The molecule has 0 saturated heterocycles. The molecule has 14 heteroatoms. The number of nitrogens with one attached hydrogen (secondary N) is 1. The zero-order chi connectivity index (χ0) is 23.4. The maximum absolute atomic E-state index is 13.2. The standard InChI is InChI=1S/C19H13Cl2FN8O3/c20-13-2-1-3-14(21)12(13)8-24-26-19(31)16-15(9-32-11-6-4-10(22)5-7-11)30(29-25-16)18-17(23)27-33-28-18/h1-8H,9H2,(H2,23,27)(H,26,31). The van der Waals surface area contributed by atoms with Crippen LogP contribution in [0.2, 0.25) is 10.0 Å². The summed E-state index contributed by atoms with van der Waals surface area (Å²) in [4.78, 5) is 12.7. The van der Waals surface area contributed by atoms with E-state index in [9.17, 15) is 9.18 Å². The van der Waals surface area contributed by atoms with E-state index in [0.717, 1.165) is 4.68 Å². The van der Waals surface area contributed by atoms with Gasteiger partial charge >= 0.3 is 0 Å². The van der Waals surface area contributed by atoms with Crippen molar-refractivity contribution >= 4 is 41.1 Å². The third-order valence-electron chi connectivity index (χ3n) is 4.22. The number of hydrogen-bond acceptors (Lipinski definition) is 9. The van der Waals surface area contributed by atoms with Crippen molar-refractivity contribution in [3.63, 3.8) is 0 Å². The lowest BCUT2D eigenvalue weighted by atomic mass is 10.2. The molecule has 11 nitrogen and oxygen atoms in total. The summed E-state index contributed by atoms with van der Waals surface area (Å²) in [5.41, 5.74) is 8.50. The minimum atomic E-state index is -0.714. The van der Waals surface area contributed by atoms with Crippen LogP contribution in [-0.4, -0.2) is 37.4 Å². The van der Waals surface area contributed by atoms with Crippen LogP contribution < -0.4 is 15.9 Å². The molecule has 0 bridgehead atoms. The highest BCUT2D eigenvalue weighted by atomic mass is 35.5. The molecule has 2 heterocycles. The van der Waals surface area contributed by atoms with Crippen molar-refractivity contribution in [2.45, 2.75) is 6.61 Å². The van der Waals surface area contributed by atoms with Gasteiger partial charge in [-0.3, -0.25) is 4.79 Å². The molecule has 0 aliphatic heterocycles. The first-order valence-corrected chi connectivity index (χ1v) is 9.88. The predicted molar refractivity (Wildman–Crippen MR) is 116 cm³/mol. The van der Waals surface area contributed by atoms with Crippen molar-refractivity contribution < 1.29 is 18.6 Å². The van der Waals surface area contributed by atoms with E-state index in [1.54, 1.807) is 18.2 Å². The van der Waals surface area contributed by atoms with E-state index in [2.05, 4.69) is 35.8 Å². The number of nitrogen functional groups attached to an aromatic ring is 1.